The molecule has 0 heterocycles. The van der Waals surface area contributed by atoms with Gasteiger partial charge in [0.2, 0.25) is 17.7 Å². The molecular formula is C19H34N4O8S. The van der Waals surface area contributed by atoms with Gasteiger partial charge in [0.1, 0.15) is 12.1 Å². The minimum absolute atomic E-state index is 0.102. The molecular weight excluding hydrogens is 444 g/mol. The van der Waals surface area contributed by atoms with Crippen molar-refractivity contribution in [2.45, 2.75) is 70.3 Å². The number of carbonyl (C=O) groups excluding carboxylic acids is 3. The molecule has 0 saturated carbocycles. The van der Waals surface area contributed by atoms with Gasteiger partial charge in [-0.25, -0.2) is 4.79 Å². The van der Waals surface area contributed by atoms with E-state index in [1.54, 1.807) is 13.8 Å². The molecule has 5 atom stereocenters. The van der Waals surface area contributed by atoms with Crippen LogP contribution in [0.25, 0.3) is 0 Å². The second-order valence-corrected chi connectivity index (χ2v) is 8.79. The summed E-state index contributed by atoms with van der Waals surface area (Å²) in [5.41, 5.74) is 5.76. The third-order valence-corrected chi connectivity index (χ3v) is 5.01. The van der Waals surface area contributed by atoms with Crippen LogP contribution in [0.5, 0.6) is 0 Å². The molecule has 0 bridgehead atoms. The number of carboxylic acid groups (broad SMARTS) is 2. The molecule has 0 aromatic rings. The highest BCUT2D eigenvalue weighted by Gasteiger charge is 2.32. The lowest BCUT2D eigenvalue weighted by atomic mass is 10.0. The van der Waals surface area contributed by atoms with Crippen LogP contribution in [0.3, 0.4) is 0 Å². The highest BCUT2D eigenvalue weighted by atomic mass is 32.2. The number of aliphatic hydroxyl groups excluding tert-OH is 1. The van der Waals surface area contributed by atoms with Crippen molar-refractivity contribution in [3.05, 3.63) is 0 Å². The molecule has 32 heavy (non-hydrogen) atoms. The summed E-state index contributed by atoms with van der Waals surface area (Å²) in [5.74, 6) is -4.82. The maximum atomic E-state index is 12.7. The summed E-state index contributed by atoms with van der Waals surface area (Å²) in [5, 5.41) is 34.7. The molecule has 12 nitrogen and oxygen atoms in total. The first-order valence-corrected chi connectivity index (χ1v) is 11.5. The number of rotatable bonds is 15. The van der Waals surface area contributed by atoms with E-state index < -0.39 is 66.4 Å². The third-order valence-electron chi connectivity index (χ3n) is 4.37. The lowest BCUT2D eigenvalue weighted by Gasteiger charge is -2.26. The molecule has 0 rings (SSSR count). The zero-order chi connectivity index (χ0) is 25.0. The van der Waals surface area contributed by atoms with Gasteiger partial charge in [-0.2, -0.15) is 11.8 Å². The number of amides is 3. The van der Waals surface area contributed by atoms with Crippen LogP contribution in [0.4, 0.5) is 0 Å². The van der Waals surface area contributed by atoms with Crippen LogP contribution < -0.4 is 21.7 Å². The zero-order valence-electron chi connectivity index (χ0n) is 18.7. The Morgan fingerprint density at radius 1 is 0.906 bits per heavy atom. The maximum absolute atomic E-state index is 12.7. The molecule has 0 radical (unpaired) electrons. The highest BCUT2D eigenvalue weighted by Crippen LogP contribution is 2.08. The fourth-order valence-corrected chi connectivity index (χ4v) is 3.15. The predicted octanol–water partition coefficient (Wildman–Crippen LogP) is -1.49. The van der Waals surface area contributed by atoms with Gasteiger partial charge in [0, 0.05) is 0 Å². The van der Waals surface area contributed by atoms with Crippen LogP contribution in [-0.4, -0.2) is 87.3 Å². The molecule has 0 aromatic heterocycles. The molecule has 0 aromatic carbocycles. The topological polar surface area (TPSA) is 208 Å². The Labute approximate surface area is 191 Å². The summed E-state index contributed by atoms with van der Waals surface area (Å²) in [6.07, 6.45) is 0.118. The molecule has 0 spiro atoms. The zero-order valence-corrected chi connectivity index (χ0v) is 19.5. The van der Waals surface area contributed by atoms with Crippen molar-refractivity contribution in [2.75, 3.05) is 12.0 Å². The number of carboxylic acids is 2. The van der Waals surface area contributed by atoms with E-state index in [9.17, 15) is 29.1 Å². The maximum Gasteiger partial charge on any atom is 0.328 e. The number of hydrogen-bond donors (Lipinski definition) is 7. The molecule has 13 heteroatoms. The second-order valence-electron chi connectivity index (χ2n) is 7.80. The van der Waals surface area contributed by atoms with E-state index in [1.165, 1.54) is 18.7 Å². The van der Waals surface area contributed by atoms with Gasteiger partial charge >= 0.3 is 11.9 Å². The number of nitrogens with two attached hydrogens (primary N) is 1. The Balaban J connectivity index is 5.47. The molecule has 0 saturated heterocycles. The minimum Gasteiger partial charge on any atom is -0.481 e. The van der Waals surface area contributed by atoms with Crippen molar-refractivity contribution in [2.24, 2.45) is 11.7 Å². The third kappa shape index (κ3) is 11.3. The molecule has 0 aliphatic rings. The number of thioether (sulfide) groups is 1. The summed E-state index contributed by atoms with van der Waals surface area (Å²) in [6, 6.07) is -5.25. The molecule has 5 unspecified atom stereocenters. The molecule has 184 valence electrons. The van der Waals surface area contributed by atoms with Crippen LogP contribution in [0.1, 0.15) is 40.0 Å². The van der Waals surface area contributed by atoms with Crippen LogP contribution in [0, 0.1) is 5.92 Å². The average Bonchev–Trinajstić information content (AvgIpc) is 2.67. The highest BCUT2D eigenvalue weighted by molar-refractivity contribution is 7.98. The number of aliphatic hydroxyl groups is 1. The summed E-state index contributed by atoms with van der Waals surface area (Å²) in [6.45, 7) is 4.71. The summed E-state index contributed by atoms with van der Waals surface area (Å²) < 4.78 is 0. The number of aliphatic carboxylic acids is 2. The van der Waals surface area contributed by atoms with Gasteiger partial charge in [0.15, 0.2) is 6.04 Å². The van der Waals surface area contributed by atoms with Gasteiger partial charge in [-0.1, -0.05) is 13.8 Å². The second kappa shape index (κ2) is 14.6. The molecule has 3 amide bonds. The summed E-state index contributed by atoms with van der Waals surface area (Å²) in [7, 11) is 0. The Bertz CT molecular complexity index is 674. The molecule has 8 N–H and O–H groups in total. The number of carbonyl (C=O) groups is 5. The Morgan fingerprint density at radius 2 is 1.44 bits per heavy atom. The normalized spacial score (nSPS) is 15.7. The van der Waals surface area contributed by atoms with Crippen molar-refractivity contribution in [1.82, 2.24) is 16.0 Å². The number of hydrogen-bond acceptors (Lipinski definition) is 8. The average molecular weight is 479 g/mol. The van der Waals surface area contributed by atoms with Crippen molar-refractivity contribution >= 4 is 41.4 Å². The van der Waals surface area contributed by atoms with Crippen molar-refractivity contribution in [3.63, 3.8) is 0 Å². The first-order valence-electron chi connectivity index (χ1n) is 10.1. The largest absolute Gasteiger partial charge is 0.481 e. The van der Waals surface area contributed by atoms with E-state index in [1.807, 2.05) is 6.26 Å². The van der Waals surface area contributed by atoms with E-state index in [0.717, 1.165) is 0 Å². The van der Waals surface area contributed by atoms with Gasteiger partial charge in [-0.15, -0.1) is 0 Å². The van der Waals surface area contributed by atoms with E-state index in [-0.39, 0.29) is 12.3 Å². The smallest absolute Gasteiger partial charge is 0.328 e. The predicted molar refractivity (Wildman–Crippen MR) is 118 cm³/mol. The van der Waals surface area contributed by atoms with E-state index in [0.29, 0.717) is 12.2 Å². The van der Waals surface area contributed by atoms with Crippen LogP contribution in [0.15, 0.2) is 0 Å². The fourth-order valence-electron chi connectivity index (χ4n) is 2.66. The summed E-state index contributed by atoms with van der Waals surface area (Å²) in [4.78, 5) is 60.0. The van der Waals surface area contributed by atoms with Gasteiger partial charge < -0.3 is 37.0 Å². The lowest BCUT2D eigenvalue weighted by Crippen LogP contribution is -2.58. The first kappa shape index (κ1) is 29.6. The Hall–Kier alpha value is -2.38. The van der Waals surface area contributed by atoms with Crippen LogP contribution in [0.2, 0.25) is 0 Å². The molecule has 0 aliphatic carbocycles. The van der Waals surface area contributed by atoms with Crippen molar-refractivity contribution in [1.29, 1.82) is 0 Å². The van der Waals surface area contributed by atoms with Gasteiger partial charge in [0.25, 0.3) is 0 Å². The van der Waals surface area contributed by atoms with Gasteiger partial charge in [-0.3, -0.25) is 19.2 Å². The van der Waals surface area contributed by atoms with Gasteiger partial charge in [-0.05, 0) is 37.7 Å². The summed E-state index contributed by atoms with van der Waals surface area (Å²) >= 11 is 1.47. The first-order chi connectivity index (χ1) is 14.8. The van der Waals surface area contributed by atoms with Gasteiger partial charge in [0.05, 0.1) is 18.6 Å². The minimum atomic E-state index is -1.60. The molecule has 0 fully saturated rings. The quantitative estimate of drug-likeness (QED) is 0.145. The van der Waals surface area contributed by atoms with E-state index in [2.05, 4.69) is 16.0 Å². The SMILES string of the molecule is CSCCC(N)C(=O)NC(CC(=O)O)C(=O)NC(CC(C)C)C(=O)NC(C(=O)O)C(C)O. The van der Waals surface area contributed by atoms with Crippen LogP contribution >= 0.6 is 11.8 Å². The van der Waals surface area contributed by atoms with Crippen LogP contribution in [-0.2, 0) is 24.0 Å². The van der Waals surface area contributed by atoms with E-state index in [4.69, 9.17) is 15.9 Å². The Morgan fingerprint density at radius 3 is 1.88 bits per heavy atom. The Kier molecular flexibility index (Phi) is 13.5. The van der Waals surface area contributed by atoms with Crippen molar-refractivity contribution < 1.29 is 39.3 Å². The van der Waals surface area contributed by atoms with Crippen molar-refractivity contribution in [3.8, 4) is 0 Å². The molecule has 0 aliphatic heterocycles. The lowest BCUT2D eigenvalue weighted by molar-refractivity contribution is -0.145. The van der Waals surface area contributed by atoms with E-state index >= 15 is 0 Å². The monoisotopic (exact) mass is 478 g/mol. The standard InChI is InChI=1S/C19H34N4O8S/c1-9(2)7-12(18(29)23-15(10(3)24)19(30)31)22-17(28)13(8-14(25)26)21-16(27)11(20)5-6-32-4/h9-13,15,24H,5-8,20H2,1-4H3,(H,21,27)(H,22,28)(H,23,29)(H,25,26)(H,30,31). The fraction of sp³-hybridized carbons (Fsp3) is 0.737. The number of nitrogens with one attached hydrogen (secondary N) is 3.